The van der Waals surface area contributed by atoms with Crippen LogP contribution in [0.1, 0.15) is 10.4 Å². The summed E-state index contributed by atoms with van der Waals surface area (Å²) >= 11 is 0. The quantitative estimate of drug-likeness (QED) is 0.915. The Labute approximate surface area is 111 Å². The lowest BCUT2D eigenvalue weighted by Gasteiger charge is -2.08. The highest BCUT2D eigenvalue weighted by atomic mass is 16.5. The minimum absolute atomic E-state index is 0.192. The van der Waals surface area contributed by atoms with Crippen molar-refractivity contribution in [3.8, 4) is 22.6 Å². The minimum atomic E-state index is -0.983. The van der Waals surface area contributed by atoms with Crippen molar-refractivity contribution in [2.45, 2.75) is 0 Å². The number of rotatable bonds is 4. The summed E-state index contributed by atoms with van der Waals surface area (Å²) in [4.78, 5) is 11.1. The van der Waals surface area contributed by atoms with Gasteiger partial charge in [0.2, 0.25) is 0 Å². The first kappa shape index (κ1) is 13.0. The first-order valence-electron chi connectivity index (χ1n) is 5.71. The Balaban J connectivity index is 2.53. The van der Waals surface area contributed by atoms with Crippen LogP contribution in [0.4, 0.5) is 0 Å². The van der Waals surface area contributed by atoms with E-state index in [0.717, 1.165) is 16.9 Å². The number of carboxylic acid groups (broad SMARTS) is 1. The summed E-state index contributed by atoms with van der Waals surface area (Å²) < 4.78 is 10.3. The maximum Gasteiger partial charge on any atom is 0.335 e. The van der Waals surface area contributed by atoms with Crippen molar-refractivity contribution in [1.82, 2.24) is 0 Å². The van der Waals surface area contributed by atoms with E-state index in [2.05, 4.69) is 0 Å². The van der Waals surface area contributed by atoms with E-state index in [1.54, 1.807) is 19.2 Å². The highest BCUT2D eigenvalue weighted by Gasteiger charge is 2.09. The molecule has 0 saturated heterocycles. The average molecular weight is 258 g/mol. The fourth-order valence-corrected chi connectivity index (χ4v) is 1.81. The number of carbonyl (C=O) groups is 1. The van der Waals surface area contributed by atoms with Crippen molar-refractivity contribution in [2.75, 3.05) is 14.2 Å². The van der Waals surface area contributed by atoms with Crippen molar-refractivity contribution in [1.29, 1.82) is 0 Å². The molecule has 0 atom stereocenters. The van der Waals surface area contributed by atoms with Crippen LogP contribution >= 0.6 is 0 Å². The Morgan fingerprint density at radius 1 is 0.947 bits per heavy atom. The molecule has 0 amide bonds. The second-order valence-electron chi connectivity index (χ2n) is 3.99. The van der Waals surface area contributed by atoms with Crippen LogP contribution in [-0.4, -0.2) is 25.3 Å². The van der Waals surface area contributed by atoms with E-state index in [0.29, 0.717) is 5.75 Å². The van der Waals surface area contributed by atoms with E-state index in [4.69, 9.17) is 14.6 Å². The molecule has 0 spiro atoms. The molecule has 0 bridgehead atoms. The van der Waals surface area contributed by atoms with Crippen molar-refractivity contribution in [3.63, 3.8) is 0 Å². The van der Waals surface area contributed by atoms with Gasteiger partial charge < -0.3 is 14.6 Å². The molecule has 19 heavy (non-hydrogen) atoms. The third kappa shape index (κ3) is 2.85. The molecule has 2 rings (SSSR count). The second-order valence-corrected chi connectivity index (χ2v) is 3.99. The van der Waals surface area contributed by atoms with E-state index in [-0.39, 0.29) is 5.56 Å². The SMILES string of the molecule is COc1cccc(-c2cc(OC)cc(C(=O)O)c2)c1. The number of aromatic carboxylic acids is 1. The zero-order chi connectivity index (χ0) is 13.8. The minimum Gasteiger partial charge on any atom is -0.497 e. The topological polar surface area (TPSA) is 55.8 Å². The molecule has 4 heteroatoms. The van der Waals surface area contributed by atoms with Gasteiger partial charge in [-0.2, -0.15) is 0 Å². The van der Waals surface area contributed by atoms with Crippen LogP contribution in [-0.2, 0) is 0 Å². The molecule has 4 nitrogen and oxygen atoms in total. The summed E-state index contributed by atoms with van der Waals surface area (Å²) in [7, 11) is 3.10. The average Bonchev–Trinajstić information content (AvgIpc) is 2.46. The van der Waals surface area contributed by atoms with Gasteiger partial charge in [-0.1, -0.05) is 12.1 Å². The van der Waals surface area contributed by atoms with Gasteiger partial charge in [0.25, 0.3) is 0 Å². The predicted octanol–water partition coefficient (Wildman–Crippen LogP) is 3.07. The summed E-state index contributed by atoms with van der Waals surface area (Å²) in [6.07, 6.45) is 0. The van der Waals surface area contributed by atoms with Crippen molar-refractivity contribution < 1.29 is 19.4 Å². The molecule has 98 valence electrons. The molecule has 0 aromatic heterocycles. The summed E-state index contributed by atoms with van der Waals surface area (Å²) in [6.45, 7) is 0. The van der Waals surface area contributed by atoms with Crippen molar-refractivity contribution in [3.05, 3.63) is 48.0 Å². The number of ether oxygens (including phenoxy) is 2. The highest BCUT2D eigenvalue weighted by Crippen LogP contribution is 2.28. The maximum atomic E-state index is 11.1. The number of carboxylic acids is 1. The number of benzene rings is 2. The van der Waals surface area contributed by atoms with Crippen LogP contribution in [0.25, 0.3) is 11.1 Å². The zero-order valence-corrected chi connectivity index (χ0v) is 10.7. The van der Waals surface area contributed by atoms with Gasteiger partial charge in [-0.3, -0.25) is 0 Å². The lowest BCUT2D eigenvalue weighted by Crippen LogP contribution is -1.98. The third-order valence-corrected chi connectivity index (χ3v) is 2.79. The van der Waals surface area contributed by atoms with E-state index in [1.807, 2.05) is 24.3 Å². The van der Waals surface area contributed by atoms with E-state index in [1.165, 1.54) is 13.2 Å². The molecular formula is C15H14O4. The molecule has 0 aliphatic heterocycles. The van der Waals surface area contributed by atoms with Crippen molar-refractivity contribution >= 4 is 5.97 Å². The van der Waals surface area contributed by atoms with Gasteiger partial charge in [0.15, 0.2) is 0 Å². The van der Waals surface area contributed by atoms with Crippen LogP contribution in [0.5, 0.6) is 11.5 Å². The highest BCUT2D eigenvalue weighted by molar-refractivity contribution is 5.90. The normalized spacial score (nSPS) is 10.0. The molecule has 0 fully saturated rings. The van der Waals surface area contributed by atoms with Gasteiger partial charge in [-0.05, 0) is 41.5 Å². The molecular weight excluding hydrogens is 244 g/mol. The molecule has 0 heterocycles. The lowest BCUT2D eigenvalue weighted by molar-refractivity contribution is 0.0696. The molecule has 2 aromatic rings. The summed E-state index contributed by atoms with van der Waals surface area (Å²) in [5.41, 5.74) is 1.84. The third-order valence-electron chi connectivity index (χ3n) is 2.79. The van der Waals surface area contributed by atoms with Gasteiger partial charge in [-0.25, -0.2) is 4.79 Å². The smallest absolute Gasteiger partial charge is 0.335 e. The van der Waals surface area contributed by atoms with Crippen LogP contribution < -0.4 is 9.47 Å². The lowest BCUT2D eigenvalue weighted by atomic mass is 10.0. The predicted molar refractivity (Wildman–Crippen MR) is 71.9 cm³/mol. The van der Waals surface area contributed by atoms with Gasteiger partial charge in [0.1, 0.15) is 11.5 Å². The fraction of sp³-hybridized carbons (Fsp3) is 0.133. The van der Waals surface area contributed by atoms with Crippen LogP contribution in [0.2, 0.25) is 0 Å². The van der Waals surface area contributed by atoms with E-state index < -0.39 is 5.97 Å². The largest absolute Gasteiger partial charge is 0.497 e. The standard InChI is InChI=1S/C15H14O4/c1-18-13-5-3-4-10(7-13)11-6-12(15(16)17)9-14(8-11)19-2/h3-9H,1-2H3,(H,16,17). The Morgan fingerprint density at radius 3 is 2.26 bits per heavy atom. The fourth-order valence-electron chi connectivity index (χ4n) is 1.81. The molecule has 0 aliphatic carbocycles. The molecule has 2 aromatic carbocycles. The first-order valence-corrected chi connectivity index (χ1v) is 5.71. The first-order chi connectivity index (χ1) is 9.13. The summed E-state index contributed by atoms with van der Waals surface area (Å²) in [5.74, 6) is 0.248. The number of hydrogen-bond donors (Lipinski definition) is 1. The Kier molecular flexibility index (Phi) is 3.71. The Morgan fingerprint density at radius 2 is 1.63 bits per heavy atom. The molecule has 0 radical (unpaired) electrons. The number of methoxy groups -OCH3 is 2. The Hall–Kier alpha value is -2.49. The van der Waals surface area contributed by atoms with Crippen LogP contribution in [0.15, 0.2) is 42.5 Å². The van der Waals surface area contributed by atoms with Crippen LogP contribution in [0, 0.1) is 0 Å². The second kappa shape index (κ2) is 5.44. The van der Waals surface area contributed by atoms with Gasteiger partial charge in [0.05, 0.1) is 19.8 Å². The molecule has 1 N–H and O–H groups in total. The maximum absolute atomic E-state index is 11.1. The summed E-state index contributed by atoms with van der Waals surface area (Å²) in [5, 5.41) is 9.10. The van der Waals surface area contributed by atoms with Crippen molar-refractivity contribution in [2.24, 2.45) is 0 Å². The summed E-state index contributed by atoms with van der Waals surface area (Å²) in [6, 6.07) is 12.3. The molecule has 0 saturated carbocycles. The van der Waals surface area contributed by atoms with Gasteiger partial charge in [0, 0.05) is 0 Å². The Bertz CT molecular complexity index is 605. The molecule has 0 unspecified atom stereocenters. The van der Waals surface area contributed by atoms with Gasteiger partial charge >= 0.3 is 5.97 Å². The zero-order valence-electron chi connectivity index (χ0n) is 10.7. The van der Waals surface area contributed by atoms with E-state index >= 15 is 0 Å². The van der Waals surface area contributed by atoms with E-state index in [9.17, 15) is 4.79 Å². The molecule has 0 aliphatic rings. The van der Waals surface area contributed by atoms with Crippen LogP contribution in [0.3, 0.4) is 0 Å². The number of hydrogen-bond acceptors (Lipinski definition) is 3. The van der Waals surface area contributed by atoms with Gasteiger partial charge in [-0.15, -0.1) is 0 Å². The monoisotopic (exact) mass is 258 g/mol.